The van der Waals surface area contributed by atoms with Crippen LogP contribution in [0.1, 0.15) is 47.1 Å². The van der Waals surface area contributed by atoms with E-state index in [9.17, 15) is 14.4 Å². The van der Waals surface area contributed by atoms with E-state index in [-0.39, 0.29) is 24.4 Å². The average Bonchev–Trinajstić information content (AvgIpc) is 2.64. The second-order valence-electron chi connectivity index (χ2n) is 6.31. The lowest BCUT2D eigenvalue weighted by Gasteiger charge is -2.08. The van der Waals surface area contributed by atoms with Gasteiger partial charge in [-0.25, -0.2) is 4.79 Å². The molecule has 0 atom stereocenters. The molecule has 0 aliphatic heterocycles. The van der Waals surface area contributed by atoms with Crippen LogP contribution < -0.4 is 5.32 Å². The monoisotopic (exact) mass is 369 g/mol. The molecular formula is C21H23NO5. The lowest BCUT2D eigenvalue weighted by atomic mass is 10.1. The van der Waals surface area contributed by atoms with E-state index in [2.05, 4.69) is 5.32 Å². The Morgan fingerprint density at radius 1 is 0.926 bits per heavy atom. The molecule has 0 aliphatic rings. The van der Waals surface area contributed by atoms with E-state index in [0.29, 0.717) is 23.4 Å². The standard InChI is InChI=1S/C21H23NO5/c1-14(2)26-12-16-4-6-18(7-5-16)21(25)27-13-20(24)17-8-10-19(11-9-17)22-15(3)23/h4-11,14H,12-13H2,1-3H3,(H,22,23). The minimum Gasteiger partial charge on any atom is -0.454 e. The predicted octanol–water partition coefficient (Wildman–Crippen LogP) is 3.61. The molecule has 142 valence electrons. The van der Waals surface area contributed by atoms with Gasteiger partial charge in [0.05, 0.1) is 18.3 Å². The Labute approximate surface area is 158 Å². The van der Waals surface area contributed by atoms with Gasteiger partial charge >= 0.3 is 5.97 Å². The van der Waals surface area contributed by atoms with Crippen molar-refractivity contribution in [1.29, 1.82) is 0 Å². The Balaban J connectivity index is 1.87. The first kappa shape index (κ1) is 20.3. The van der Waals surface area contributed by atoms with Crippen molar-refractivity contribution in [3.8, 4) is 0 Å². The highest BCUT2D eigenvalue weighted by Gasteiger charge is 2.12. The SMILES string of the molecule is CC(=O)Nc1ccc(C(=O)COC(=O)c2ccc(COC(C)C)cc2)cc1. The van der Waals surface area contributed by atoms with E-state index < -0.39 is 5.97 Å². The number of anilines is 1. The zero-order valence-electron chi connectivity index (χ0n) is 15.7. The minimum absolute atomic E-state index is 0.132. The molecule has 0 saturated heterocycles. The second kappa shape index (κ2) is 9.64. The third kappa shape index (κ3) is 6.67. The normalized spacial score (nSPS) is 10.5. The highest BCUT2D eigenvalue weighted by molar-refractivity contribution is 6.00. The average molecular weight is 369 g/mol. The summed E-state index contributed by atoms with van der Waals surface area (Å²) in [6.07, 6.45) is 0.132. The number of hydrogen-bond acceptors (Lipinski definition) is 5. The number of amides is 1. The molecule has 0 radical (unpaired) electrons. The van der Waals surface area contributed by atoms with Gasteiger partial charge in [0, 0.05) is 18.2 Å². The Kier molecular flexibility index (Phi) is 7.25. The maximum absolute atomic E-state index is 12.1. The van der Waals surface area contributed by atoms with Gasteiger partial charge in [-0.3, -0.25) is 9.59 Å². The summed E-state index contributed by atoms with van der Waals surface area (Å²) >= 11 is 0. The Bertz CT molecular complexity index is 794. The molecule has 0 saturated carbocycles. The summed E-state index contributed by atoms with van der Waals surface area (Å²) in [5, 5.41) is 2.62. The summed E-state index contributed by atoms with van der Waals surface area (Å²) in [6.45, 7) is 5.44. The van der Waals surface area contributed by atoms with Gasteiger partial charge < -0.3 is 14.8 Å². The van der Waals surface area contributed by atoms with Gasteiger partial charge in [0.2, 0.25) is 5.91 Å². The topological polar surface area (TPSA) is 81.7 Å². The number of ether oxygens (including phenoxy) is 2. The van der Waals surface area contributed by atoms with Gasteiger partial charge in [-0.1, -0.05) is 12.1 Å². The quantitative estimate of drug-likeness (QED) is 0.568. The molecule has 27 heavy (non-hydrogen) atoms. The number of carbonyl (C=O) groups is 3. The van der Waals surface area contributed by atoms with E-state index in [1.54, 1.807) is 48.5 Å². The number of hydrogen-bond donors (Lipinski definition) is 1. The van der Waals surface area contributed by atoms with Crippen molar-refractivity contribution in [2.45, 2.75) is 33.5 Å². The van der Waals surface area contributed by atoms with Gasteiger partial charge in [-0.05, 0) is 55.8 Å². The van der Waals surface area contributed by atoms with Crippen LogP contribution in [0.15, 0.2) is 48.5 Å². The Morgan fingerprint density at radius 3 is 2.07 bits per heavy atom. The zero-order chi connectivity index (χ0) is 19.8. The smallest absolute Gasteiger partial charge is 0.338 e. The van der Waals surface area contributed by atoms with Gasteiger partial charge in [0.1, 0.15) is 0 Å². The number of ketones is 1. The highest BCUT2D eigenvalue weighted by atomic mass is 16.5. The maximum atomic E-state index is 12.1. The molecule has 0 spiro atoms. The molecule has 6 nitrogen and oxygen atoms in total. The fourth-order valence-corrected chi connectivity index (χ4v) is 2.24. The fraction of sp³-hybridized carbons (Fsp3) is 0.286. The molecule has 6 heteroatoms. The van der Waals surface area contributed by atoms with Crippen LogP contribution in [0.2, 0.25) is 0 Å². The summed E-state index contributed by atoms with van der Waals surface area (Å²) in [5.74, 6) is -1.07. The molecule has 1 amide bonds. The summed E-state index contributed by atoms with van der Waals surface area (Å²) in [5.41, 5.74) is 2.32. The van der Waals surface area contributed by atoms with E-state index in [0.717, 1.165) is 5.56 Å². The number of nitrogens with one attached hydrogen (secondary N) is 1. The third-order valence-electron chi connectivity index (χ3n) is 3.63. The van der Waals surface area contributed by atoms with Crippen LogP contribution in [0.4, 0.5) is 5.69 Å². The van der Waals surface area contributed by atoms with Crippen molar-refractivity contribution in [3.05, 3.63) is 65.2 Å². The minimum atomic E-state index is -0.561. The summed E-state index contributed by atoms with van der Waals surface area (Å²) in [6, 6.07) is 13.3. The number of rotatable bonds is 8. The van der Waals surface area contributed by atoms with Crippen molar-refractivity contribution in [1.82, 2.24) is 0 Å². The molecule has 2 rings (SSSR count). The maximum Gasteiger partial charge on any atom is 0.338 e. The first-order valence-corrected chi connectivity index (χ1v) is 8.63. The lowest BCUT2D eigenvalue weighted by Crippen LogP contribution is -2.14. The summed E-state index contributed by atoms with van der Waals surface area (Å²) in [4.78, 5) is 35.2. The molecular weight excluding hydrogens is 346 g/mol. The number of benzene rings is 2. The van der Waals surface area contributed by atoms with Crippen LogP contribution in [0, 0.1) is 0 Å². The van der Waals surface area contributed by atoms with Crippen molar-refractivity contribution >= 4 is 23.3 Å². The zero-order valence-corrected chi connectivity index (χ0v) is 15.7. The lowest BCUT2D eigenvalue weighted by molar-refractivity contribution is -0.114. The third-order valence-corrected chi connectivity index (χ3v) is 3.63. The van der Waals surface area contributed by atoms with Crippen LogP contribution in [0.25, 0.3) is 0 Å². The van der Waals surface area contributed by atoms with Crippen molar-refractivity contribution < 1.29 is 23.9 Å². The van der Waals surface area contributed by atoms with Gasteiger partial charge in [0.25, 0.3) is 0 Å². The highest BCUT2D eigenvalue weighted by Crippen LogP contribution is 2.12. The van der Waals surface area contributed by atoms with Gasteiger partial charge in [-0.2, -0.15) is 0 Å². The molecule has 2 aromatic rings. The molecule has 0 bridgehead atoms. The van der Waals surface area contributed by atoms with Crippen molar-refractivity contribution in [3.63, 3.8) is 0 Å². The molecule has 2 aromatic carbocycles. The second-order valence-corrected chi connectivity index (χ2v) is 6.31. The van der Waals surface area contributed by atoms with Crippen LogP contribution in [0.3, 0.4) is 0 Å². The van der Waals surface area contributed by atoms with Crippen molar-refractivity contribution in [2.24, 2.45) is 0 Å². The first-order valence-electron chi connectivity index (χ1n) is 8.63. The van der Waals surface area contributed by atoms with Crippen molar-refractivity contribution in [2.75, 3.05) is 11.9 Å². The first-order chi connectivity index (χ1) is 12.8. The molecule has 0 unspecified atom stereocenters. The van der Waals surface area contributed by atoms with E-state index in [4.69, 9.17) is 9.47 Å². The fourth-order valence-electron chi connectivity index (χ4n) is 2.24. The van der Waals surface area contributed by atoms with Gasteiger partial charge in [-0.15, -0.1) is 0 Å². The molecule has 0 heterocycles. The van der Waals surface area contributed by atoms with E-state index >= 15 is 0 Å². The Hall–Kier alpha value is -2.99. The number of esters is 1. The predicted molar refractivity (Wildman–Crippen MR) is 102 cm³/mol. The largest absolute Gasteiger partial charge is 0.454 e. The molecule has 0 fully saturated rings. The van der Waals surface area contributed by atoms with Crippen LogP contribution in [0.5, 0.6) is 0 Å². The van der Waals surface area contributed by atoms with Crippen LogP contribution in [-0.2, 0) is 20.9 Å². The molecule has 0 aromatic heterocycles. The van der Waals surface area contributed by atoms with Crippen LogP contribution >= 0.6 is 0 Å². The summed E-state index contributed by atoms with van der Waals surface area (Å²) < 4.78 is 10.6. The molecule has 0 aliphatic carbocycles. The Morgan fingerprint density at radius 2 is 1.52 bits per heavy atom. The van der Waals surface area contributed by atoms with Crippen LogP contribution in [-0.4, -0.2) is 30.4 Å². The molecule has 1 N–H and O–H groups in total. The number of Topliss-reactive ketones (excluding diaryl/α,β-unsaturated/α-hetero) is 1. The summed E-state index contributed by atoms with van der Waals surface area (Å²) in [7, 11) is 0. The number of carbonyl (C=O) groups excluding carboxylic acids is 3. The van der Waals surface area contributed by atoms with E-state index in [1.165, 1.54) is 6.92 Å². The van der Waals surface area contributed by atoms with Gasteiger partial charge in [0.15, 0.2) is 12.4 Å². The van der Waals surface area contributed by atoms with E-state index in [1.807, 2.05) is 13.8 Å².